The minimum absolute atomic E-state index is 0.908. The highest BCUT2D eigenvalue weighted by Crippen LogP contribution is 2.22. The predicted octanol–water partition coefficient (Wildman–Crippen LogP) is 9.73. The van der Waals surface area contributed by atoms with Gasteiger partial charge in [-0.25, -0.2) is 0 Å². The van der Waals surface area contributed by atoms with E-state index in [4.69, 9.17) is 0 Å². The van der Waals surface area contributed by atoms with E-state index >= 15 is 0 Å². The van der Waals surface area contributed by atoms with Gasteiger partial charge in [-0.3, -0.25) is 0 Å². The molecule has 0 saturated heterocycles. The van der Waals surface area contributed by atoms with E-state index in [2.05, 4.69) is 46.8 Å². The first-order chi connectivity index (χ1) is 12.6. The summed E-state index contributed by atoms with van der Waals surface area (Å²) in [6.45, 7) is 11.9. The molecule has 0 radical (unpaired) electrons. The fourth-order valence-corrected chi connectivity index (χ4v) is 3.82. The van der Waals surface area contributed by atoms with Gasteiger partial charge in [-0.2, -0.15) is 0 Å². The lowest BCUT2D eigenvalue weighted by molar-refractivity contribution is 0.340. The zero-order valence-electron chi connectivity index (χ0n) is 19.2. The number of hydrogen-bond acceptors (Lipinski definition) is 0. The standard InChI is InChI=1S/C26H52/c1-6-8-9-10-11-12-13-14-15-18-21-24(3)22-19-16-17-20-23-26(5)25(4)7-2/h12-13,24-26H,6-11,14-23H2,1-5H3/b13-12+. The largest absolute Gasteiger partial charge is 0.0885 e. The van der Waals surface area contributed by atoms with Crippen molar-refractivity contribution < 1.29 is 0 Å². The topological polar surface area (TPSA) is 0 Å². The number of hydrogen-bond donors (Lipinski definition) is 0. The Bertz CT molecular complexity index is 290. The lowest BCUT2D eigenvalue weighted by atomic mass is 9.88. The molecule has 0 saturated carbocycles. The Labute approximate surface area is 167 Å². The Morgan fingerprint density at radius 1 is 0.538 bits per heavy atom. The minimum atomic E-state index is 0.908. The van der Waals surface area contributed by atoms with Gasteiger partial charge >= 0.3 is 0 Å². The highest BCUT2D eigenvalue weighted by Gasteiger charge is 2.09. The van der Waals surface area contributed by atoms with Crippen LogP contribution >= 0.6 is 0 Å². The maximum atomic E-state index is 2.47. The number of allylic oxidation sites excluding steroid dienone is 2. The van der Waals surface area contributed by atoms with Gasteiger partial charge in [0.25, 0.3) is 0 Å². The summed E-state index contributed by atoms with van der Waals surface area (Å²) in [4.78, 5) is 0. The maximum absolute atomic E-state index is 2.47. The molecule has 0 N–H and O–H groups in total. The van der Waals surface area contributed by atoms with Crippen molar-refractivity contribution >= 4 is 0 Å². The average Bonchev–Trinajstić information content (AvgIpc) is 2.65. The molecule has 3 unspecified atom stereocenters. The van der Waals surface area contributed by atoms with Crippen LogP contribution < -0.4 is 0 Å². The molecule has 0 aliphatic rings. The van der Waals surface area contributed by atoms with Crippen LogP contribution in [0.25, 0.3) is 0 Å². The van der Waals surface area contributed by atoms with Gasteiger partial charge in [0.05, 0.1) is 0 Å². The quantitative estimate of drug-likeness (QED) is 0.158. The second-order valence-electron chi connectivity index (χ2n) is 9.06. The van der Waals surface area contributed by atoms with Gasteiger partial charge in [0.2, 0.25) is 0 Å². The zero-order valence-corrected chi connectivity index (χ0v) is 19.2. The average molecular weight is 365 g/mol. The van der Waals surface area contributed by atoms with Crippen molar-refractivity contribution in [1.82, 2.24) is 0 Å². The minimum Gasteiger partial charge on any atom is -0.0885 e. The summed E-state index contributed by atoms with van der Waals surface area (Å²) in [5, 5.41) is 0. The van der Waals surface area contributed by atoms with Crippen LogP contribution in [0.1, 0.15) is 137 Å². The highest BCUT2D eigenvalue weighted by molar-refractivity contribution is 4.81. The van der Waals surface area contributed by atoms with Gasteiger partial charge < -0.3 is 0 Å². The van der Waals surface area contributed by atoms with E-state index < -0.39 is 0 Å². The van der Waals surface area contributed by atoms with Crippen molar-refractivity contribution in [3.63, 3.8) is 0 Å². The molecule has 0 heterocycles. The lowest BCUT2D eigenvalue weighted by Gasteiger charge is -2.18. The molecule has 0 aromatic rings. The van der Waals surface area contributed by atoms with Crippen LogP contribution in [0.15, 0.2) is 12.2 Å². The van der Waals surface area contributed by atoms with Crippen molar-refractivity contribution in [1.29, 1.82) is 0 Å². The molecule has 0 rings (SSSR count). The van der Waals surface area contributed by atoms with Gasteiger partial charge in [-0.1, -0.05) is 124 Å². The van der Waals surface area contributed by atoms with Crippen LogP contribution in [-0.4, -0.2) is 0 Å². The van der Waals surface area contributed by atoms with Crippen LogP contribution in [-0.2, 0) is 0 Å². The summed E-state index contributed by atoms with van der Waals surface area (Å²) >= 11 is 0. The molecule has 0 amide bonds. The second kappa shape index (κ2) is 19.5. The first-order valence-corrected chi connectivity index (χ1v) is 12.3. The molecule has 0 spiro atoms. The van der Waals surface area contributed by atoms with Gasteiger partial charge in [0, 0.05) is 0 Å². The smallest absolute Gasteiger partial charge is 0.0351 e. The SMILES string of the molecule is CCCCCC/C=C/CCCCC(C)CCCCCCC(C)C(C)CC. The van der Waals surface area contributed by atoms with Crippen molar-refractivity contribution in [2.45, 2.75) is 137 Å². The molecular formula is C26H52. The Morgan fingerprint density at radius 3 is 1.62 bits per heavy atom. The molecule has 26 heavy (non-hydrogen) atoms. The summed E-state index contributed by atoms with van der Waals surface area (Å²) in [5.74, 6) is 2.77. The number of rotatable bonds is 19. The summed E-state index contributed by atoms with van der Waals surface area (Å²) < 4.78 is 0. The summed E-state index contributed by atoms with van der Waals surface area (Å²) in [5.41, 5.74) is 0. The van der Waals surface area contributed by atoms with Crippen molar-refractivity contribution in [2.75, 3.05) is 0 Å². The first-order valence-electron chi connectivity index (χ1n) is 12.3. The molecule has 3 atom stereocenters. The second-order valence-corrected chi connectivity index (χ2v) is 9.06. The molecule has 0 aliphatic heterocycles. The predicted molar refractivity (Wildman–Crippen MR) is 122 cm³/mol. The third kappa shape index (κ3) is 17.2. The molecule has 0 fully saturated rings. The van der Waals surface area contributed by atoms with E-state index in [-0.39, 0.29) is 0 Å². The van der Waals surface area contributed by atoms with Crippen molar-refractivity contribution in [3.05, 3.63) is 12.2 Å². The van der Waals surface area contributed by atoms with Crippen LogP contribution in [0.3, 0.4) is 0 Å². The fraction of sp³-hybridized carbons (Fsp3) is 0.923. The van der Waals surface area contributed by atoms with Crippen LogP contribution in [0, 0.1) is 17.8 Å². The van der Waals surface area contributed by atoms with Gasteiger partial charge in [-0.05, 0) is 43.4 Å². The molecule has 156 valence electrons. The first kappa shape index (κ1) is 25.7. The maximum Gasteiger partial charge on any atom is -0.0351 e. The van der Waals surface area contributed by atoms with Crippen LogP contribution in [0.5, 0.6) is 0 Å². The Morgan fingerprint density at radius 2 is 1.04 bits per heavy atom. The molecular weight excluding hydrogens is 312 g/mol. The van der Waals surface area contributed by atoms with E-state index in [1.165, 1.54) is 103 Å². The number of unbranched alkanes of at least 4 members (excludes halogenated alkanes) is 9. The third-order valence-corrected chi connectivity index (χ3v) is 6.43. The molecule has 0 heteroatoms. The normalized spacial score (nSPS) is 15.4. The molecule has 0 bridgehead atoms. The van der Waals surface area contributed by atoms with E-state index in [1.54, 1.807) is 0 Å². The van der Waals surface area contributed by atoms with Gasteiger partial charge in [0.1, 0.15) is 0 Å². The molecule has 0 nitrogen and oxygen atoms in total. The zero-order chi connectivity index (χ0) is 19.5. The molecule has 0 aromatic heterocycles. The van der Waals surface area contributed by atoms with Crippen LogP contribution in [0.2, 0.25) is 0 Å². The Hall–Kier alpha value is -0.260. The fourth-order valence-electron chi connectivity index (χ4n) is 3.82. The van der Waals surface area contributed by atoms with E-state index in [9.17, 15) is 0 Å². The summed E-state index contributed by atoms with van der Waals surface area (Å²) in [7, 11) is 0. The summed E-state index contributed by atoms with van der Waals surface area (Å²) in [6, 6.07) is 0. The summed E-state index contributed by atoms with van der Waals surface area (Å²) in [6.07, 6.45) is 27.3. The van der Waals surface area contributed by atoms with Gasteiger partial charge in [0.15, 0.2) is 0 Å². The van der Waals surface area contributed by atoms with Gasteiger partial charge in [-0.15, -0.1) is 0 Å². The van der Waals surface area contributed by atoms with E-state index in [0.717, 1.165) is 17.8 Å². The Kier molecular flexibility index (Phi) is 19.3. The lowest BCUT2D eigenvalue weighted by Crippen LogP contribution is -2.06. The molecule has 0 aliphatic carbocycles. The third-order valence-electron chi connectivity index (χ3n) is 6.43. The Balaban J connectivity index is 3.34. The highest BCUT2D eigenvalue weighted by atomic mass is 14.1. The van der Waals surface area contributed by atoms with E-state index in [0.29, 0.717) is 0 Å². The van der Waals surface area contributed by atoms with Crippen molar-refractivity contribution in [3.8, 4) is 0 Å². The monoisotopic (exact) mass is 364 g/mol. The van der Waals surface area contributed by atoms with Crippen molar-refractivity contribution in [2.24, 2.45) is 17.8 Å². The van der Waals surface area contributed by atoms with Crippen LogP contribution in [0.4, 0.5) is 0 Å². The molecule has 0 aromatic carbocycles. The van der Waals surface area contributed by atoms with E-state index in [1.807, 2.05) is 0 Å².